The van der Waals surface area contributed by atoms with Crippen molar-refractivity contribution in [1.29, 1.82) is 0 Å². The van der Waals surface area contributed by atoms with Gasteiger partial charge in [-0.1, -0.05) is 24.3 Å². The fourth-order valence-electron chi connectivity index (χ4n) is 2.32. The number of carbonyl (C=O) groups excluding carboxylic acids is 1. The van der Waals surface area contributed by atoms with Crippen molar-refractivity contribution in [2.75, 3.05) is 0 Å². The molecule has 0 spiro atoms. The van der Waals surface area contributed by atoms with Gasteiger partial charge in [0.25, 0.3) is 5.91 Å². The van der Waals surface area contributed by atoms with E-state index in [0.29, 0.717) is 11.1 Å². The number of amides is 1. The molecule has 1 amide bonds. The Labute approximate surface area is 133 Å². The summed E-state index contributed by atoms with van der Waals surface area (Å²) in [5, 5.41) is 2.82. The SMILES string of the molecule is Cc1cccc(C(=O)NC(C)c2ccc(C(F)(F)F)cc2)c1C. The van der Waals surface area contributed by atoms with E-state index in [0.717, 1.165) is 23.3 Å². The van der Waals surface area contributed by atoms with Crippen LogP contribution in [0, 0.1) is 13.8 Å². The van der Waals surface area contributed by atoms with E-state index in [-0.39, 0.29) is 11.9 Å². The van der Waals surface area contributed by atoms with Crippen LogP contribution in [-0.4, -0.2) is 5.91 Å². The highest BCUT2D eigenvalue weighted by molar-refractivity contribution is 5.96. The third-order valence-electron chi connectivity index (χ3n) is 3.93. The highest BCUT2D eigenvalue weighted by atomic mass is 19.4. The number of hydrogen-bond acceptors (Lipinski definition) is 1. The first-order valence-corrected chi connectivity index (χ1v) is 7.24. The summed E-state index contributed by atoms with van der Waals surface area (Å²) in [6, 6.07) is 9.90. The normalized spacial score (nSPS) is 12.8. The van der Waals surface area contributed by atoms with Crippen molar-refractivity contribution in [2.45, 2.75) is 33.0 Å². The maximum Gasteiger partial charge on any atom is 0.416 e. The van der Waals surface area contributed by atoms with E-state index in [9.17, 15) is 18.0 Å². The zero-order chi connectivity index (χ0) is 17.2. The summed E-state index contributed by atoms with van der Waals surface area (Å²) in [5.74, 6) is -0.237. The Morgan fingerprint density at radius 2 is 1.65 bits per heavy atom. The summed E-state index contributed by atoms with van der Waals surface area (Å²) in [4.78, 5) is 12.3. The Balaban J connectivity index is 2.14. The molecule has 0 heterocycles. The quantitative estimate of drug-likeness (QED) is 0.863. The van der Waals surface area contributed by atoms with E-state index in [4.69, 9.17) is 0 Å². The van der Waals surface area contributed by atoms with Crippen LogP contribution < -0.4 is 5.32 Å². The minimum atomic E-state index is -4.36. The molecular formula is C18H18F3NO. The Morgan fingerprint density at radius 3 is 2.22 bits per heavy atom. The van der Waals surface area contributed by atoms with Crippen molar-refractivity contribution < 1.29 is 18.0 Å². The molecule has 1 atom stereocenters. The van der Waals surface area contributed by atoms with Crippen LogP contribution >= 0.6 is 0 Å². The summed E-state index contributed by atoms with van der Waals surface area (Å²) in [7, 11) is 0. The Morgan fingerprint density at radius 1 is 1.04 bits per heavy atom. The number of nitrogens with one attached hydrogen (secondary N) is 1. The van der Waals surface area contributed by atoms with Crippen LogP contribution in [0.15, 0.2) is 42.5 Å². The molecule has 2 aromatic rings. The van der Waals surface area contributed by atoms with Crippen molar-refractivity contribution >= 4 is 5.91 Å². The van der Waals surface area contributed by atoms with Crippen LogP contribution in [0.2, 0.25) is 0 Å². The van der Waals surface area contributed by atoms with Gasteiger partial charge in [0.05, 0.1) is 11.6 Å². The molecule has 1 unspecified atom stereocenters. The highest BCUT2D eigenvalue weighted by Crippen LogP contribution is 2.30. The molecule has 122 valence electrons. The number of benzene rings is 2. The van der Waals surface area contributed by atoms with Crippen molar-refractivity contribution in [1.82, 2.24) is 5.32 Å². The van der Waals surface area contributed by atoms with E-state index < -0.39 is 11.7 Å². The first-order chi connectivity index (χ1) is 10.7. The monoisotopic (exact) mass is 321 g/mol. The lowest BCUT2D eigenvalue weighted by molar-refractivity contribution is -0.137. The maximum atomic E-state index is 12.6. The molecule has 0 bridgehead atoms. The Kier molecular flexibility index (Phi) is 4.78. The van der Waals surface area contributed by atoms with Crippen LogP contribution in [0.1, 0.15) is 45.6 Å². The largest absolute Gasteiger partial charge is 0.416 e. The third-order valence-corrected chi connectivity index (χ3v) is 3.93. The van der Waals surface area contributed by atoms with Gasteiger partial charge in [-0.3, -0.25) is 4.79 Å². The van der Waals surface area contributed by atoms with Gasteiger partial charge in [0.1, 0.15) is 0 Å². The van der Waals surface area contributed by atoms with Crippen LogP contribution in [0.3, 0.4) is 0 Å². The zero-order valence-electron chi connectivity index (χ0n) is 13.2. The van der Waals surface area contributed by atoms with E-state index in [1.54, 1.807) is 19.1 Å². The van der Waals surface area contributed by atoms with Gasteiger partial charge in [0.2, 0.25) is 0 Å². The van der Waals surface area contributed by atoms with Gasteiger partial charge in [-0.15, -0.1) is 0 Å². The Hall–Kier alpha value is -2.30. The van der Waals surface area contributed by atoms with Gasteiger partial charge >= 0.3 is 6.18 Å². The van der Waals surface area contributed by atoms with Crippen molar-refractivity contribution in [2.24, 2.45) is 0 Å². The fraction of sp³-hybridized carbons (Fsp3) is 0.278. The fourth-order valence-corrected chi connectivity index (χ4v) is 2.32. The first-order valence-electron chi connectivity index (χ1n) is 7.24. The number of rotatable bonds is 3. The molecule has 23 heavy (non-hydrogen) atoms. The predicted molar refractivity (Wildman–Crippen MR) is 83.2 cm³/mol. The summed E-state index contributed by atoms with van der Waals surface area (Å²) in [6.07, 6.45) is -4.36. The second-order valence-electron chi connectivity index (χ2n) is 5.56. The molecule has 2 nitrogen and oxygen atoms in total. The van der Waals surface area contributed by atoms with E-state index in [1.807, 2.05) is 19.9 Å². The molecule has 0 fully saturated rings. The molecule has 0 saturated carbocycles. The second kappa shape index (κ2) is 6.44. The number of halogens is 3. The smallest absolute Gasteiger partial charge is 0.346 e. The number of carbonyl (C=O) groups is 1. The van der Waals surface area contributed by atoms with E-state index in [1.165, 1.54) is 12.1 Å². The van der Waals surface area contributed by atoms with Crippen molar-refractivity contribution in [3.05, 3.63) is 70.3 Å². The molecule has 1 N–H and O–H groups in total. The molecule has 0 aliphatic carbocycles. The predicted octanol–water partition coefficient (Wildman–Crippen LogP) is 4.81. The number of alkyl halides is 3. The lowest BCUT2D eigenvalue weighted by Crippen LogP contribution is -2.27. The van der Waals surface area contributed by atoms with Gasteiger partial charge in [-0.25, -0.2) is 0 Å². The van der Waals surface area contributed by atoms with Gasteiger partial charge in [0.15, 0.2) is 0 Å². The lowest BCUT2D eigenvalue weighted by Gasteiger charge is -2.17. The molecular weight excluding hydrogens is 303 g/mol. The molecule has 0 aliphatic heterocycles. The average molecular weight is 321 g/mol. The van der Waals surface area contributed by atoms with Gasteiger partial charge in [0, 0.05) is 5.56 Å². The summed E-state index contributed by atoms with van der Waals surface area (Å²) in [6.45, 7) is 5.53. The van der Waals surface area contributed by atoms with Crippen LogP contribution in [0.25, 0.3) is 0 Å². The van der Waals surface area contributed by atoms with Crippen LogP contribution in [0.4, 0.5) is 13.2 Å². The van der Waals surface area contributed by atoms with Crippen molar-refractivity contribution in [3.8, 4) is 0 Å². The summed E-state index contributed by atoms with van der Waals surface area (Å²) in [5.41, 5.74) is 2.40. The molecule has 0 aromatic heterocycles. The van der Waals surface area contributed by atoms with Gasteiger partial charge in [-0.05, 0) is 55.7 Å². The minimum Gasteiger partial charge on any atom is -0.346 e. The third kappa shape index (κ3) is 3.92. The standard InChI is InChI=1S/C18H18F3NO/c1-11-5-4-6-16(12(11)2)17(23)22-13(3)14-7-9-15(10-8-14)18(19,20)21/h4-10,13H,1-3H3,(H,22,23). The van der Waals surface area contributed by atoms with E-state index >= 15 is 0 Å². The number of hydrogen-bond donors (Lipinski definition) is 1. The molecule has 0 radical (unpaired) electrons. The molecule has 0 aliphatic rings. The van der Waals surface area contributed by atoms with Crippen LogP contribution in [-0.2, 0) is 6.18 Å². The molecule has 2 aromatic carbocycles. The minimum absolute atomic E-state index is 0.237. The zero-order valence-corrected chi connectivity index (χ0v) is 13.2. The number of aryl methyl sites for hydroxylation is 1. The maximum absolute atomic E-state index is 12.6. The molecule has 2 rings (SSSR count). The van der Waals surface area contributed by atoms with Crippen molar-refractivity contribution in [3.63, 3.8) is 0 Å². The molecule has 0 saturated heterocycles. The highest BCUT2D eigenvalue weighted by Gasteiger charge is 2.30. The van der Waals surface area contributed by atoms with E-state index in [2.05, 4.69) is 5.32 Å². The topological polar surface area (TPSA) is 29.1 Å². The van der Waals surface area contributed by atoms with Crippen LogP contribution in [0.5, 0.6) is 0 Å². The summed E-state index contributed by atoms with van der Waals surface area (Å²) < 4.78 is 37.7. The van der Waals surface area contributed by atoms with Gasteiger partial charge < -0.3 is 5.32 Å². The first kappa shape index (κ1) is 17.1. The lowest BCUT2D eigenvalue weighted by atomic mass is 10.0. The Bertz CT molecular complexity index is 705. The second-order valence-corrected chi connectivity index (χ2v) is 5.56. The average Bonchev–Trinajstić information content (AvgIpc) is 2.49. The molecule has 5 heteroatoms. The van der Waals surface area contributed by atoms with Gasteiger partial charge in [-0.2, -0.15) is 13.2 Å². The summed E-state index contributed by atoms with van der Waals surface area (Å²) >= 11 is 0.